The Morgan fingerprint density at radius 3 is 2.65 bits per heavy atom. The lowest BCUT2D eigenvalue weighted by Gasteiger charge is -2.57. The lowest BCUT2D eigenvalue weighted by atomic mass is 9.57. The molecular formula is C26H35BrN4O3. The average Bonchev–Trinajstić information content (AvgIpc) is 3.56. The van der Waals surface area contributed by atoms with E-state index in [1.54, 1.807) is 23.1 Å². The Morgan fingerprint density at radius 1 is 1.21 bits per heavy atom. The largest absolute Gasteiger partial charge is 0.508 e. The number of piperidine rings is 1. The molecule has 7 nitrogen and oxygen atoms in total. The summed E-state index contributed by atoms with van der Waals surface area (Å²) < 4.78 is 2.49. The van der Waals surface area contributed by atoms with E-state index in [9.17, 15) is 15.0 Å². The third kappa shape index (κ3) is 4.18. The quantitative estimate of drug-likeness (QED) is 0.618. The molecule has 184 valence electrons. The van der Waals surface area contributed by atoms with Gasteiger partial charge in [-0.25, -0.2) is 0 Å². The number of benzene rings is 1. The molecule has 1 amide bonds. The first-order valence-corrected chi connectivity index (χ1v) is 13.2. The zero-order valence-corrected chi connectivity index (χ0v) is 21.7. The van der Waals surface area contributed by atoms with Crippen LogP contribution >= 0.6 is 15.9 Å². The standard InChI is InChI=1S/C26H35BrN4O3/c1-18-3-6-22(32)13-23(18)25-7-10-29(24(33)17-31-16-21(27)14-28-31)12-9-26(25,34)19(2)30(11-8-25)15-20-4-5-20/h3,6,13-14,16,19-20,32,34H,4-5,7-12,15,17H2,1-2H3. The molecule has 2 aliphatic heterocycles. The van der Waals surface area contributed by atoms with E-state index in [-0.39, 0.29) is 24.2 Å². The van der Waals surface area contributed by atoms with Crippen molar-refractivity contribution in [2.24, 2.45) is 5.92 Å². The van der Waals surface area contributed by atoms with Crippen molar-refractivity contribution in [3.05, 3.63) is 46.2 Å². The number of carbonyl (C=O) groups excluding carboxylic acids is 1. The van der Waals surface area contributed by atoms with E-state index in [0.717, 1.165) is 41.0 Å². The summed E-state index contributed by atoms with van der Waals surface area (Å²) in [6.07, 6.45) is 8.05. The van der Waals surface area contributed by atoms with Crippen LogP contribution in [-0.4, -0.2) is 73.5 Å². The van der Waals surface area contributed by atoms with Crippen LogP contribution in [0.4, 0.5) is 0 Å². The van der Waals surface area contributed by atoms with Crippen molar-refractivity contribution in [2.45, 2.75) is 69.6 Å². The number of aryl methyl sites for hydroxylation is 1. The zero-order chi connectivity index (χ0) is 24.1. The van der Waals surface area contributed by atoms with Crippen LogP contribution in [0.2, 0.25) is 0 Å². The Hall–Kier alpha value is -1.90. The van der Waals surface area contributed by atoms with Crippen molar-refractivity contribution in [3.63, 3.8) is 0 Å². The fourth-order valence-corrected chi connectivity index (χ4v) is 6.73. The number of hydrogen-bond donors (Lipinski definition) is 2. The monoisotopic (exact) mass is 530 g/mol. The maximum absolute atomic E-state index is 13.2. The number of nitrogens with zero attached hydrogens (tertiary/aromatic N) is 4. The number of phenolic OH excluding ortho intramolecular Hbond substituents is 1. The second-order valence-corrected chi connectivity index (χ2v) is 11.5. The number of likely N-dealkylation sites (tertiary alicyclic amines) is 2. The van der Waals surface area contributed by atoms with E-state index in [1.165, 1.54) is 12.8 Å². The molecule has 2 saturated heterocycles. The number of rotatable bonds is 5. The van der Waals surface area contributed by atoms with E-state index in [4.69, 9.17) is 0 Å². The summed E-state index contributed by atoms with van der Waals surface area (Å²) in [5.41, 5.74) is 0.597. The van der Waals surface area contributed by atoms with Crippen LogP contribution in [0.1, 0.15) is 50.2 Å². The summed E-state index contributed by atoms with van der Waals surface area (Å²) in [4.78, 5) is 17.6. The molecule has 1 aliphatic carbocycles. The fraction of sp³-hybridized carbons (Fsp3) is 0.615. The Bertz CT molecular complexity index is 1070. The maximum Gasteiger partial charge on any atom is 0.244 e. The Balaban J connectivity index is 1.48. The second-order valence-electron chi connectivity index (χ2n) is 10.6. The van der Waals surface area contributed by atoms with Gasteiger partial charge in [-0.3, -0.25) is 14.4 Å². The molecule has 3 heterocycles. The predicted molar refractivity (Wildman–Crippen MR) is 134 cm³/mol. The predicted octanol–water partition coefficient (Wildman–Crippen LogP) is 3.46. The van der Waals surface area contributed by atoms with Crippen LogP contribution in [0, 0.1) is 12.8 Å². The van der Waals surface area contributed by atoms with Gasteiger partial charge in [0.05, 0.1) is 16.3 Å². The number of phenols is 1. The van der Waals surface area contributed by atoms with Crippen LogP contribution in [0.15, 0.2) is 35.1 Å². The van der Waals surface area contributed by atoms with Crippen molar-refractivity contribution in [1.29, 1.82) is 0 Å². The van der Waals surface area contributed by atoms with Crippen molar-refractivity contribution < 1.29 is 15.0 Å². The topological polar surface area (TPSA) is 81.8 Å². The van der Waals surface area contributed by atoms with Gasteiger partial charge in [0.15, 0.2) is 0 Å². The molecule has 3 atom stereocenters. The van der Waals surface area contributed by atoms with E-state index >= 15 is 0 Å². The van der Waals surface area contributed by atoms with E-state index in [0.29, 0.717) is 25.9 Å². The van der Waals surface area contributed by atoms with Crippen LogP contribution in [0.5, 0.6) is 5.75 Å². The van der Waals surface area contributed by atoms with Gasteiger partial charge < -0.3 is 15.1 Å². The summed E-state index contributed by atoms with van der Waals surface area (Å²) in [6.45, 7) is 7.46. The van der Waals surface area contributed by atoms with Crippen LogP contribution in [-0.2, 0) is 16.8 Å². The van der Waals surface area contributed by atoms with Crippen molar-refractivity contribution in [1.82, 2.24) is 19.6 Å². The van der Waals surface area contributed by atoms with Gasteiger partial charge in [0.25, 0.3) is 0 Å². The number of aromatic hydroxyl groups is 1. The molecule has 1 saturated carbocycles. The van der Waals surface area contributed by atoms with Crippen molar-refractivity contribution in [3.8, 4) is 5.75 Å². The highest BCUT2D eigenvalue weighted by atomic mass is 79.9. The number of carbonyl (C=O) groups is 1. The third-order valence-electron chi connectivity index (χ3n) is 8.64. The van der Waals surface area contributed by atoms with Crippen molar-refractivity contribution in [2.75, 3.05) is 26.2 Å². The minimum Gasteiger partial charge on any atom is -0.508 e. The minimum absolute atomic E-state index is 0.0168. The number of fused-ring (bicyclic) bond motifs is 1. The first kappa shape index (κ1) is 23.8. The fourth-order valence-electron chi connectivity index (χ4n) is 6.40. The number of hydrogen-bond acceptors (Lipinski definition) is 5. The smallest absolute Gasteiger partial charge is 0.244 e. The number of halogens is 1. The summed E-state index contributed by atoms with van der Waals surface area (Å²) >= 11 is 3.39. The van der Waals surface area contributed by atoms with Gasteiger partial charge in [0.2, 0.25) is 5.91 Å². The number of aromatic nitrogens is 2. The lowest BCUT2D eigenvalue weighted by molar-refractivity contribution is -0.137. The van der Waals surface area contributed by atoms with E-state index in [2.05, 4.69) is 39.8 Å². The maximum atomic E-state index is 13.2. The summed E-state index contributed by atoms with van der Waals surface area (Å²) in [6, 6.07) is 5.49. The van der Waals surface area contributed by atoms with Gasteiger partial charge >= 0.3 is 0 Å². The van der Waals surface area contributed by atoms with Crippen LogP contribution < -0.4 is 0 Å². The molecule has 8 heteroatoms. The number of aliphatic hydroxyl groups is 1. The molecule has 0 radical (unpaired) electrons. The van der Waals surface area contributed by atoms with Gasteiger partial charge in [-0.2, -0.15) is 5.10 Å². The molecule has 0 spiro atoms. The highest BCUT2D eigenvalue weighted by Gasteiger charge is 2.59. The zero-order valence-electron chi connectivity index (χ0n) is 20.1. The first-order chi connectivity index (χ1) is 16.2. The minimum atomic E-state index is -0.998. The van der Waals surface area contributed by atoms with Gasteiger partial charge in [-0.15, -0.1) is 0 Å². The Kier molecular flexibility index (Phi) is 6.27. The van der Waals surface area contributed by atoms with Crippen LogP contribution in [0.25, 0.3) is 0 Å². The molecule has 3 unspecified atom stereocenters. The average molecular weight is 531 g/mol. The van der Waals surface area contributed by atoms with Crippen molar-refractivity contribution >= 4 is 21.8 Å². The normalized spacial score (nSPS) is 30.1. The molecule has 34 heavy (non-hydrogen) atoms. The molecule has 0 bridgehead atoms. The molecule has 1 aromatic carbocycles. The Labute approximate surface area is 209 Å². The van der Waals surface area contributed by atoms with E-state index < -0.39 is 11.0 Å². The molecule has 5 rings (SSSR count). The van der Waals surface area contributed by atoms with Gasteiger partial charge in [0, 0.05) is 37.3 Å². The molecule has 3 fully saturated rings. The number of amides is 1. The molecular weight excluding hydrogens is 496 g/mol. The third-order valence-corrected chi connectivity index (χ3v) is 9.05. The molecule has 1 aromatic heterocycles. The Morgan fingerprint density at radius 2 is 1.94 bits per heavy atom. The molecule has 2 N–H and O–H groups in total. The van der Waals surface area contributed by atoms with Crippen LogP contribution in [0.3, 0.4) is 0 Å². The van der Waals surface area contributed by atoms with Gasteiger partial charge in [0.1, 0.15) is 12.3 Å². The summed E-state index contributed by atoms with van der Waals surface area (Å²) in [5, 5.41) is 27.2. The second kappa shape index (κ2) is 8.95. The highest BCUT2D eigenvalue weighted by molar-refractivity contribution is 9.10. The molecule has 2 aromatic rings. The summed E-state index contributed by atoms with van der Waals surface area (Å²) in [7, 11) is 0. The lowest BCUT2D eigenvalue weighted by Crippen LogP contribution is -2.68. The van der Waals surface area contributed by atoms with Gasteiger partial charge in [-0.05, 0) is 97.6 Å². The highest BCUT2D eigenvalue weighted by Crippen LogP contribution is 2.53. The first-order valence-electron chi connectivity index (χ1n) is 12.4. The summed E-state index contributed by atoms with van der Waals surface area (Å²) in [5.74, 6) is 0.994. The van der Waals surface area contributed by atoms with E-state index in [1.807, 2.05) is 17.0 Å². The molecule has 3 aliphatic rings. The van der Waals surface area contributed by atoms with Gasteiger partial charge in [-0.1, -0.05) is 6.07 Å². The SMILES string of the molecule is Cc1ccc(O)cc1C12CCN(C(=O)Cn3cc(Br)cn3)CCC1(O)C(C)N(CC1CC1)CC2.